The molecule has 0 heterocycles. The summed E-state index contributed by atoms with van der Waals surface area (Å²) in [7, 11) is 3.10. The van der Waals surface area contributed by atoms with Gasteiger partial charge in [-0.1, -0.05) is 45.0 Å². The van der Waals surface area contributed by atoms with E-state index in [2.05, 4.69) is 5.32 Å². The first-order valence-electron chi connectivity index (χ1n) is 14.6. The van der Waals surface area contributed by atoms with Gasteiger partial charge in [-0.25, -0.2) is 0 Å². The summed E-state index contributed by atoms with van der Waals surface area (Å²) in [4.78, 5) is 82.4. The van der Waals surface area contributed by atoms with Gasteiger partial charge in [-0.05, 0) is 62.0 Å². The molecule has 44 heavy (non-hydrogen) atoms. The second-order valence-corrected chi connectivity index (χ2v) is 13.1. The van der Waals surface area contributed by atoms with Gasteiger partial charge in [0.15, 0.2) is 34.7 Å². The number of nitrogens with one attached hydrogen (secondary N) is 1. The van der Waals surface area contributed by atoms with E-state index in [1.54, 1.807) is 57.4 Å². The van der Waals surface area contributed by atoms with Crippen LogP contribution in [0.2, 0.25) is 0 Å². The topological polar surface area (TPSA) is 184 Å². The van der Waals surface area contributed by atoms with Crippen LogP contribution in [0.15, 0.2) is 36.4 Å². The minimum atomic E-state index is -2.86. The van der Waals surface area contributed by atoms with Crippen LogP contribution in [0.5, 0.6) is 5.75 Å². The molecule has 11 heteroatoms. The number of phenolic OH excluding ortho intramolecular Hbond substituents is 1. The number of rotatable bonds is 6. The molecular weight excluding hydrogens is 566 g/mol. The third-order valence-corrected chi connectivity index (χ3v) is 10.0. The number of phenols is 1. The maximum Gasteiger partial charge on any atom is 0.251 e. The molecule has 6 atom stereocenters. The Balaban J connectivity index is 1.62. The van der Waals surface area contributed by atoms with E-state index in [1.807, 2.05) is 6.92 Å². The Morgan fingerprint density at radius 3 is 2.25 bits per heavy atom. The molecule has 2 unspecified atom stereocenters. The summed E-state index contributed by atoms with van der Waals surface area (Å²) in [5.74, 6) is -9.66. The van der Waals surface area contributed by atoms with Crippen molar-refractivity contribution in [2.75, 3.05) is 14.1 Å². The van der Waals surface area contributed by atoms with Crippen LogP contribution in [0.25, 0.3) is 0 Å². The number of fused-ring (bicyclic) bond motifs is 3. The lowest BCUT2D eigenvalue weighted by Gasteiger charge is -2.61. The molecular formula is C33H37N3O8. The van der Waals surface area contributed by atoms with Crippen LogP contribution >= 0.6 is 0 Å². The average molecular weight is 604 g/mol. The second-order valence-electron chi connectivity index (χ2n) is 13.1. The van der Waals surface area contributed by atoms with Crippen molar-refractivity contribution in [3.63, 3.8) is 0 Å². The normalized spacial score (nSPS) is 31.3. The van der Waals surface area contributed by atoms with Crippen molar-refractivity contribution in [1.29, 1.82) is 0 Å². The van der Waals surface area contributed by atoms with Crippen LogP contribution < -0.4 is 11.1 Å². The zero-order chi connectivity index (χ0) is 32.5. The number of nitrogens with zero attached hydrogens (tertiary/aromatic N) is 1. The minimum Gasteiger partial charge on any atom is -0.507 e. The molecule has 2 amide bonds. The Morgan fingerprint density at radius 1 is 1.05 bits per heavy atom. The molecule has 2 saturated carbocycles. The van der Waals surface area contributed by atoms with Gasteiger partial charge in [0.25, 0.3) is 5.91 Å². The SMILES string of the molecule is CCc1cc(CNC(=O)c2ccccc2)c(O)c2c1C[C@@]1(C)C[C@@]3(C)[C@H](N(C)C)C(=O)C(C(N)=O)C(=O)[C@@]3(O)C(=O)C1C2=O. The van der Waals surface area contributed by atoms with E-state index in [4.69, 9.17) is 5.73 Å². The van der Waals surface area contributed by atoms with Crippen LogP contribution in [-0.4, -0.2) is 75.8 Å². The Hall–Kier alpha value is -4.22. The standard InChI is InChI=1S/C33H37N3O8/c1-6-16-12-18(14-35-30(43)17-10-8-7-9-11-17)23(37)20-19(16)13-31(2)15-32(3)26(36(4)5)25(39)21(29(34)42)27(40)33(32,44)28(41)22(31)24(20)38/h7-12,21-22,26,37,44H,6,13-15H2,1-5H3,(H2,34,42)(H,35,43)/t21?,22?,26-,31+,32+,33-/m1/s1. The molecule has 0 aromatic heterocycles. The van der Waals surface area contributed by atoms with E-state index < -0.39 is 69.1 Å². The largest absolute Gasteiger partial charge is 0.507 e. The van der Waals surface area contributed by atoms with Crippen LogP contribution in [0.3, 0.4) is 0 Å². The number of nitrogens with two attached hydrogens (primary N) is 1. The van der Waals surface area contributed by atoms with Crippen LogP contribution in [0.1, 0.15) is 64.6 Å². The molecule has 3 aliphatic rings. The summed E-state index contributed by atoms with van der Waals surface area (Å²) >= 11 is 0. The highest BCUT2D eigenvalue weighted by molar-refractivity contribution is 6.33. The monoisotopic (exact) mass is 603 g/mol. The molecule has 2 aromatic carbocycles. The fraction of sp³-hybridized carbons (Fsp3) is 0.455. The summed E-state index contributed by atoms with van der Waals surface area (Å²) in [5.41, 5.74) is 1.61. The maximum absolute atomic E-state index is 14.4. The van der Waals surface area contributed by atoms with Gasteiger partial charge in [0, 0.05) is 23.1 Å². The molecule has 0 saturated heterocycles. The molecule has 0 bridgehead atoms. The van der Waals surface area contributed by atoms with Crippen molar-refractivity contribution < 1.29 is 39.0 Å². The third kappa shape index (κ3) is 4.16. The fourth-order valence-electron chi connectivity index (χ4n) is 8.24. The van der Waals surface area contributed by atoms with E-state index in [0.29, 0.717) is 17.5 Å². The van der Waals surface area contributed by atoms with Gasteiger partial charge in [0.2, 0.25) is 5.91 Å². The number of primary amides is 1. The molecule has 5 N–H and O–H groups in total. The first-order chi connectivity index (χ1) is 20.5. The number of carbonyl (C=O) groups is 6. The van der Waals surface area contributed by atoms with Gasteiger partial charge in [-0.15, -0.1) is 0 Å². The van der Waals surface area contributed by atoms with Crippen molar-refractivity contribution in [2.24, 2.45) is 28.4 Å². The number of benzene rings is 2. The first kappa shape index (κ1) is 31.2. The predicted molar refractivity (Wildman–Crippen MR) is 158 cm³/mol. The van der Waals surface area contributed by atoms with Gasteiger partial charge in [0.1, 0.15) is 5.75 Å². The highest BCUT2D eigenvalue weighted by Crippen LogP contribution is 2.62. The Labute approximate surface area is 254 Å². The molecule has 11 nitrogen and oxygen atoms in total. The number of aliphatic hydroxyl groups is 1. The first-order valence-corrected chi connectivity index (χ1v) is 14.6. The molecule has 3 aliphatic carbocycles. The van der Waals surface area contributed by atoms with Crippen molar-refractivity contribution >= 4 is 34.9 Å². The highest BCUT2D eigenvalue weighted by atomic mass is 16.3. The molecule has 0 radical (unpaired) electrons. The lowest BCUT2D eigenvalue weighted by molar-refractivity contribution is -0.203. The van der Waals surface area contributed by atoms with E-state index in [9.17, 15) is 39.0 Å². The number of Topliss-reactive ketones (excluding diaryl/α,β-unsaturated/α-hetero) is 4. The van der Waals surface area contributed by atoms with Gasteiger partial charge in [0.05, 0.1) is 17.5 Å². The minimum absolute atomic E-state index is 0.0807. The van der Waals surface area contributed by atoms with Crippen LogP contribution in [0, 0.1) is 22.7 Å². The van der Waals surface area contributed by atoms with Crippen LogP contribution in [-0.2, 0) is 38.6 Å². The smallest absolute Gasteiger partial charge is 0.251 e. The second kappa shape index (κ2) is 10.4. The number of hydrogen-bond acceptors (Lipinski definition) is 9. The summed E-state index contributed by atoms with van der Waals surface area (Å²) in [6.07, 6.45) is 0.539. The van der Waals surface area contributed by atoms with Crippen molar-refractivity contribution in [3.8, 4) is 5.75 Å². The van der Waals surface area contributed by atoms with Crippen molar-refractivity contribution in [1.82, 2.24) is 10.2 Å². The number of ketones is 4. The van der Waals surface area contributed by atoms with Gasteiger partial charge in [-0.3, -0.25) is 33.7 Å². The molecule has 2 fully saturated rings. The molecule has 232 valence electrons. The number of aromatic hydroxyl groups is 1. The lowest BCUT2D eigenvalue weighted by Crippen LogP contribution is -2.79. The van der Waals surface area contributed by atoms with Gasteiger partial charge < -0.3 is 21.3 Å². The quantitative estimate of drug-likeness (QED) is 0.352. The average Bonchev–Trinajstić information content (AvgIpc) is 2.94. The lowest BCUT2D eigenvalue weighted by atomic mass is 9.42. The number of hydrogen-bond donors (Lipinski definition) is 4. The van der Waals surface area contributed by atoms with E-state index in [1.165, 1.54) is 11.8 Å². The molecule has 5 rings (SSSR count). The zero-order valence-electron chi connectivity index (χ0n) is 25.4. The Bertz CT molecular complexity index is 1640. The summed E-state index contributed by atoms with van der Waals surface area (Å²) in [6, 6.07) is 8.99. The van der Waals surface area contributed by atoms with E-state index in [-0.39, 0.29) is 36.4 Å². The highest BCUT2D eigenvalue weighted by Gasteiger charge is 2.76. The molecule has 0 spiro atoms. The number of likely N-dealkylation sites (N-methyl/N-ethyl adjacent to an activating group) is 1. The van der Waals surface area contributed by atoms with Crippen LogP contribution in [0.4, 0.5) is 0 Å². The zero-order valence-corrected chi connectivity index (χ0v) is 25.4. The third-order valence-electron chi connectivity index (χ3n) is 10.0. The Morgan fingerprint density at radius 2 is 1.68 bits per heavy atom. The fourth-order valence-corrected chi connectivity index (χ4v) is 8.24. The summed E-state index contributed by atoms with van der Waals surface area (Å²) in [6.45, 7) is 4.97. The predicted octanol–water partition coefficient (Wildman–Crippen LogP) is 1.14. The molecule has 2 aromatic rings. The van der Waals surface area contributed by atoms with E-state index >= 15 is 0 Å². The molecule has 0 aliphatic heterocycles. The van der Waals surface area contributed by atoms with E-state index in [0.717, 1.165) is 5.56 Å². The van der Waals surface area contributed by atoms with Crippen molar-refractivity contribution in [3.05, 3.63) is 64.2 Å². The summed E-state index contributed by atoms with van der Waals surface area (Å²) in [5, 5.41) is 26.2. The number of carbonyl (C=O) groups excluding carboxylic acids is 6. The Kier molecular flexibility index (Phi) is 7.41. The van der Waals surface area contributed by atoms with Crippen molar-refractivity contribution in [2.45, 2.75) is 58.2 Å². The van der Waals surface area contributed by atoms with Gasteiger partial charge >= 0.3 is 0 Å². The number of amides is 2. The summed E-state index contributed by atoms with van der Waals surface area (Å²) < 4.78 is 0. The maximum atomic E-state index is 14.4. The number of aryl methyl sites for hydroxylation is 1. The van der Waals surface area contributed by atoms with Gasteiger partial charge in [-0.2, -0.15) is 0 Å².